The molecule has 0 unspecified atom stereocenters. The molecule has 0 atom stereocenters. The first kappa shape index (κ1) is 15.8. The molecule has 1 heterocycles. The molecule has 0 amide bonds. The first-order chi connectivity index (χ1) is 8.66. The van der Waals surface area contributed by atoms with E-state index in [0.29, 0.717) is 12.3 Å². The van der Waals surface area contributed by atoms with Crippen molar-refractivity contribution in [2.24, 2.45) is 0 Å². The van der Waals surface area contributed by atoms with Gasteiger partial charge in [0.25, 0.3) is 10.0 Å². The molecule has 19 heavy (non-hydrogen) atoms. The van der Waals surface area contributed by atoms with Gasteiger partial charge in [0.15, 0.2) is 0 Å². The minimum atomic E-state index is -3.64. The third-order valence-electron chi connectivity index (χ3n) is 2.41. The van der Waals surface area contributed by atoms with Crippen molar-refractivity contribution in [3.8, 4) is 12.3 Å². The van der Waals surface area contributed by atoms with Gasteiger partial charge in [-0.05, 0) is 32.9 Å². The second kappa shape index (κ2) is 5.78. The number of hydrogen-bond acceptors (Lipinski definition) is 4. The van der Waals surface area contributed by atoms with Crippen molar-refractivity contribution in [3.05, 3.63) is 17.9 Å². The molecular formula is C13H20N2O3S. The molecule has 1 aromatic heterocycles. The van der Waals surface area contributed by atoms with Crippen LogP contribution in [0, 0.1) is 12.3 Å². The van der Waals surface area contributed by atoms with Crippen molar-refractivity contribution in [2.45, 2.75) is 37.9 Å². The largest absolute Gasteiger partial charge is 0.447 e. The molecule has 0 radical (unpaired) electrons. The average Bonchev–Trinajstić information content (AvgIpc) is 2.75. The second-order valence-electron chi connectivity index (χ2n) is 5.29. The van der Waals surface area contributed by atoms with Gasteiger partial charge in [-0.1, -0.05) is 5.92 Å². The Kier molecular flexibility index (Phi) is 4.80. The number of terminal acetylenes is 1. The standard InChI is InChI=1S/C13H20N2O3S/c1-6-9-15(5)19(16,17)12-8-7-11(18-12)10-14-13(2,3)4/h1,7-8,14H,9-10H2,2-5H3. The predicted molar refractivity (Wildman–Crippen MR) is 73.9 cm³/mol. The molecule has 0 aliphatic heterocycles. The van der Waals surface area contributed by atoms with Gasteiger partial charge in [0.05, 0.1) is 13.1 Å². The van der Waals surface area contributed by atoms with Crippen LogP contribution >= 0.6 is 0 Å². The Morgan fingerprint density at radius 1 is 1.42 bits per heavy atom. The highest BCUT2D eigenvalue weighted by molar-refractivity contribution is 7.89. The summed E-state index contributed by atoms with van der Waals surface area (Å²) in [5.41, 5.74) is -0.0634. The lowest BCUT2D eigenvalue weighted by Gasteiger charge is -2.19. The molecule has 0 aromatic carbocycles. The lowest BCUT2D eigenvalue weighted by atomic mass is 10.1. The summed E-state index contributed by atoms with van der Waals surface area (Å²) < 4.78 is 30.5. The Labute approximate surface area is 115 Å². The maximum absolute atomic E-state index is 12.1. The molecule has 0 aliphatic carbocycles. The molecule has 0 saturated carbocycles. The van der Waals surface area contributed by atoms with E-state index >= 15 is 0 Å². The average molecular weight is 284 g/mol. The van der Waals surface area contributed by atoms with Gasteiger partial charge >= 0.3 is 0 Å². The van der Waals surface area contributed by atoms with E-state index in [-0.39, 0.29) is 17.2 Å². The maximum atomic E-state index is 12.1. The second-order valence-corrected chi connectivity index (χ2v) is 7.27. The van der Waals surface area contributed by atoms with Crippen molar-refractivity contribution in [1.29, 1.82) is 0 Å². The van der Waals surface area contributed by atoms with Crippen LogP contribution < -0.4 is 5.32 Å². The summed E-state index contributed by atoms with van der Waals surface area (Å²) >= 11 is 0. The monoisotopic (exact) mass is 284 g/mol. The molecule has 1 N–H and O–H groups in total. The number of hydrogen-bond donors (Lipinski definition) is 1. The van der Waals surface area contributed by atoms with Crippen LogP contribution in [-0.4, -0.2) is 31.9 Å². The van der Waals surface area contributed by atoms with Crippen LogP contribution in [0.1, 0.15) is 26.5 Å². The molecule has 0 saturated heterocycles. The topological polar surface area (TPSA) is 62.6 Å². The highest BCUT2D eigenvalue weighted by atomic mass is 32.2. The Hall–Kier alpha value is -1.29. The number of furan rings is 1. The van der Waals surface area contributed by atoms with Gasteiger partial charge in [0.2, 0.25) is 5.09 Å². The number of nitrogens with one attached hydrogen (secondary N) is 1. The fourth-order valence-electron chi connectivity index (χ4n) is 1.31. The Morgan fingerprint density at radius 2 is 2.05 bits per heavy atom. The molecule has 1 rings (SSSR count). The van der Waals surface area contributed by atoms with Gasteiger partial charge in [-0.3, -0.25) is 0 Å². The zero-order valence-electron chi connectivity index (χ0n) is 11.7. The van der Waals surface area contributed by atoms with E-state index in [4.69, 9.17) is 10.8 Å². The Morgan fingerprint density at radius 3 is 2.58 bits per heavy atom. The summed E-state index contributed by atoms with van der Waals surface area (Å²) in [6.45, 7) is 6.55. The van der Waals surface area contributed by atoms with Crippen molar-refractivity contribution in [3.63, 3.8) is 0 Å². The SMILES string of the molecule is C#CCN(C)S(=O)(=O)c1ccc(CNC(C)(C)C)o1. The van der Waals surface area contributed by atoms with Crippen molar-refractivity contribution in [2.75, 3.05) is 13.6 Å². The van der Waals surface area contributed by atoms with Crippen molar-refractivity contribution >= 4 is 10.0 Å². The van der Waals surface area contributed by atoms with Gasteiger partial charge < -0.3 is 9.73 Å². The summed E-state index contributed by atoms with van der Waals surface area (Å²) in [5, 5.41) is 3.14. The third-order valence-corrected chi connectivity index (χ3v) is 4.09. The van der Waals surface area contributed by atoms with Crippen molar-refractivity contribution in [1.82, 2.24) is 9.62 Å². The van der Waals surface area contributed by atoms with Crippen LogP contribution in [0.3, 0.4) is 0 Å². The highest BCUT2D eigenvalue weighted by Gasteiger charge is 2.24. The summed E-state index contributed by atoms with van der Waals surface area (Å²) in [4.78, 5) is 0. The molecule has 106 valence electrons. The lowest BCUT2D eigenvalue weighted by Crippen LogP contribution is -2.34. The van der Waals surface area contributed by atoms with E-state index in [1.165, 1.54) is 13.1 Å². The van der Waals surface area contributed by atoms with Gasteiger partial charge in [-0.2, -0.15) is 4.31 Å². The molecule has 0 bridgehead atoms. The van der Waals surface area contributed by atoms with Crippen LogP contribution in [0.2, 0.25) is 0 Å². The van der Waals surface area contributed by atoms with Crippen LogP contribution in [0.25, 0.3) is 0 Å². The minimum Gasteiger partial charge on any atom is -0.447 e. The van der Waals surface area contributed by atoms with E-state index < -0.39 is 10.0 Å². The van der Waals surface area contributed by atoms with E-state index in [1.807, 2.05) is 20.8 Å². The molecule has 1 aromatic rings. The summed E-state index contributed by atoms with van der Waals surface area (Å²) in [7, 11) is -2.22. The lowest BCUT2D eigenvalue weighted by molar-refractivity contribution is 0.354. The summed E-state index contributed by atoms with van der Waals surface area (Å²) in [6.07, 6.45) is 5.11. The van der Waals surface area contributed by atoms with Crippen LogP contribution in [0.4, 0.5) is 0 Å². The smallest absolute Gasteiger partial charge is 0.277 e. The first-order valence-electron chi connectivity index (χ1n) is 5.90. The van der Waals surface area contributed by atoms with Gasteiger partial charge in [-0.15, -0.1) is 6.42 Å². The van der Waals surface area contributed by atoms with E-state index in [1.54, 1.807) is 6.07 Å². The predicted octanol–water partition coefficient (Wildman–Crippen LogP) is 1.42. The fourth-order valence-corrected chi connectivity index (χ4v) is 2.32. The van der Waals surface area contributed by atoms with E-state index in [2.05, 4.69) is 11.2 Å². The van der Waals surface area contributed by atoms with E-state index in [9.17, 15) is 8.42 Å². The molecule has 0 spiro atoms. The molecule has 5 nitrogen and oxygen atoms in total. The van der Waals surface area contributed by atoms with Gasteiger partial charge in [0.1, 0.15) is 5.76 Å². The third kappa shape index (κ3) is 4.39. The van der Waals surface area contributed by atoms with Crippen LogP contribution in [-0.2, 0) is 16.6 Å². The first-order valence-corrected chi connectivity index (χ1v) is 7.34. The van der Waals surface area contributed by atoms with Crippen LogP contribution in [0.5, 0.6) is 0 Å². The zero-order valence-corrected chi connectivity index (χ0v) is 12.5. The fraction of sp³-hybridized carbons (Fsp3) is 0.538. The van der Waals surface area contributed by atoms with Crippen LogP contribution in [0.15, 0.2) is 21.6 Å². The molecule has 0 aliphatic rings. The molecule has 6 heteroatoms. The minimum absolute atomic E-state index is 0.0125. The molecule has 0 fully saturated rings. The maximum Gasteiger partial charge on any atom is 0.277 e. The van der Waals surface area contributed by atoms with Gasteiger partial charge in [-0.25, -0.2) is 8.42 Å². The number of sulfonamides is 1. The Balaban J connectivity index is 2.83. The van der Waals surface area contributed by atoms with E-state index in [0.717, 1.165) is 4.31 Å². The normalized spacial score (nSPS) is 12.6. The number of rotatable bonds is 5. The summed E-state index contributed by atoms with van der Waals surface area (Å²) in [6, 6.07) is 3.09. The summed E-state index contributed by atoms with van der Waals surface area (Å²) in [5.74, 6) is 2.86. The van der Waals surface area contributed by atoms with Crippen molar-refractivity contribution < 1.29 is 12.8 Å². The Bertz CT molecular complexity index is 561. The zero-order chi connectivity index (χ0) is 14.7. The van der Waals surface area contributed by atoms with Gasteiger partial charge in [0, 0.05) is 12.6 Å². The quantitative estimate of drug-likeness (QED) is 0.831. The number of nitrogens with zero attached hydrogens (tertiary/aromatic N) is 1. The highest BCUT2D eigenvalue weighted by Crippen LogP contribution is 2.18. The molecular weight excluding hydrogens is 264 g/mol.